The molecule has 1 fully saturated rings. The first-order chi connectivity index (χ1) is 14.3. The Morgan fingerprint density at radius 2 is 1.63 bits per heavy atom. The number of hydrogen-bond acceptors (Lipinski definition) is 6. The molecule has 1 aromatic heterocycles. The van der Waals surface area contributed by atoms with E-state index in [9.17, 15) is 19.2 Å². The van der Waals surface area contributed by atoms with E-state index in [0.717, 1.165) is 12.8 Å². The van der Waals surface area contributed by atoms with Crippen LogP contribution in [0.2, 0.25) is 0 Å². The Bertz CT molecular complexity index is 822. The second-order valence-electron chi connectivity index (χ2n) is 7.38. The Labute approximate surface area is 177 Å². The van der Waals surface area contributed by atoms with Crippen molar-refractivity contribution >= 4 is 23.6 Å². The Morgan fingerprint density at radius 1 is 1.00 bits per heavy atom. The van der Waals surface area contributed by atoms with Crippen molar-refractivity contribution in [3.05, 3.63) is 22.5 Å². The van der Waals surface area contributed by atoms with E-state index in [2.05, 4.69) is 0 Å². The van der Waals surface area contributed by atoms with Crippen molar-refractivity contribution in [3.63, 3.8) is 0 Å². The predicted molar refractivity (Wildman–Crippen MR) is 110 cm³/mol. The van der Waals surface area contributed by atoms with Crippen LogP contribution >= 0.6 is 0 Å². The van der Waals surface area contributed by atoms with E-state index in [-0.39, 0.29) is 50.3 Å². The van der Waals surface area contributed by atoms with Crippen LogP contribution in [0.3, 0.4) is 0 Å². The molecule has 0 radical (unpaired) electrons. The first kappa shape index (κ1) is 23.6. The van der Waals surface area contributed by atoms with Gasteiger partial charge in [0.15, 0.2) is 5.78 Å². The third-order valence-corrected chi connectivity index (χ3v) is 5.30. The summed E-state index contributed by atoms with van der Waals surface area (Å²) in [5.41, 5.74) is 2.11. The molecule has 1 aliphatic carbocycles. The lowest BCUT2D eigenvalue weighted by Gasteiger charge is -2.22. The van der Waals surface area contributed by atoms with Gasteiger partial charge in [-0.2, -0.15) is 0 Å². The van der Waals surface area contributed by atoms with Crippen molar-refractivity contribution < 1.29 is 28.7 Å². The van der Waals surface area contributed by atoms with Crippen LogP contribution in [-0.2, 0) is 25.6 Å². The first-order valence-corrected chi connectivity index (χ1v) is 10.6. The van der Waals surface area contributed by atoms with Crippen molar-refractivity contribution in [2.45, 2.75) is 72.9 Å². The number of Topliss-reactive ketones (excluding diaryl/α,β-unsaturated/α-hetero) is 1. The molecule has 0 spiro atoms. The molecule has 1 saturated carbocycles. The summed E-state index contributed by atoms with van der Waals surface area (Å²) < 4.78 is 11.8. The highest BCUT2D eigenvalue weighted by molar-refractivity contribution is 6.04. The summed E-state index contributed by atoms with van der Waals surface area (Å²) in [4.78, 5) is 51.4. The van der Waals surface area contributed by atoms with Crippen LogP contribution in [-0.4, -0.2) is 58.9 Å². The van der Waals surface area contributed by atoms with Gasteiger partial charge in [0.05, 0.1) is 26.2 Å². The van der Waals surface area contributed by atoms with Gasteiger partial charge in [-0.25, -0.2) is 4.79 Å². The molecule has 166 valence electrons. The van der Waals surface area contributed by atoms with E-state index in [4.69, 9.17) is 9.47 Å². The Hall–Kier alpha value is -2.64. The summed E-state index contributed by atoms with van der Waals surface area (Å²) in [7, 11) is 0. The minimum atomic E-state index is -0.455. The topological polar surface area (TPSA) is 94.9 Å². The van der Waals surface area contributed by atoms with Gasteiger partial charge in [0, 0.05) is 30.3 Å². The van der Waals surface area contributed by atoms with Crippen LogP contribution in [0.4, 0.5) is 0 Å². The number of ketones is 1. The van der Waals surface area contributed by atoms with Crippen LogP contribution in [0.1, 0.15) is 78.6 Å². The van der Waals surface area contributed by atoms with Crippen molar-refractivity contribution in [1.82, 2.24) is 9.47 Å². The second kappa shape index (κ2) is 10.4. The van der Waals surface area contributed by atoms with Gasteiger partial charge in [0.25, 0.3) is 0 Å². The molecule has 8 heteroatoms. The number of hydrogen-bond donors (Lipinski definition) is 0. The maximum Gasteiger partial charge on any atom is 0.355 e. The molecule has 0 unspecified atom stereocenters. The summed E-state index contributed by atoms with van der Waals surface area (Å²) in [6.45, 7) is 9.88. The summed E-state index contributed by atoms with van der Waals surface area (Å²) in [6.07, 6.45) is 1.72. The van der Waals surface area contributed by atoms with E-state index in [0.29, 0.717) is 29.1 Å². The third-order valence-electron chi connectivity index (χ3n) is 5.30. The summed E-state index contributed by atoms with van der Waals surface area (Å²) >= 11 is 0. The van der Waals surface area contributed by atoms with E-state index in [1.807, 2.05) is 6.92 Å². The monoisotopic (exact) mass is 420 g/mol. The fourth-order valence-corrected chi connectivity index (χ4v) is 3.79. The lowest BCUT2D eigenvalue weighted by Crippen LogP contribution is -2.38. The number of rotatable bonds is 11. The van der Waals surface area contributed by atoms with Gasteiger partial charge in [-0.05, 0) is 53.0 Å². The van der Waals surface area contributed by atoms with Crippen molar-refractivity contribution in [2.24, 2.45) is 0 Å². The third kappa shape index (κ3) is 5.29. The van der Waals surface area contributed by atoms with Gasteiger partial charge in [0.1, 0.15) is 5.69 Å². The smallest absolute Gasteiger partial charge is 0.355 e. The quantitative estimate of drug-likeness (QED) is 0.404. The summed E-state index contributed by atoms with van der Waals surface area (Å²) in [6, 6.07) is 0.0297. The fraction of sp³-hybridized carbons (Fsp3) is 0.636. The minimum absolute atomic E-state index is 0.00135. The fourth-order valence-electron chi connectivity index (χ4n) is 3.79. The largest absolute Gasteiger partial charge is 0.466 e. The summed E-state index contributed by atoms with van der Waals surface area (Å²) in [5.74, 6) is -1.31. The molecule has 2 rings (SSSR count). The number of nitrogens with zero attached hydrogens (tertiary/aromatic N) is 2. The minimum Gasteiger partial charge on any atom is -0.466 e. The Morgan fingerprint density at radius 3 is 2.17 bits per heavy atom. The number of esters is 2. The van der Waals surface area contributed by atoms with Crippen molar-refractivity contribution in [1.29, 1.82) is 0 Å². The van der Waals surface area contributed by atoms with E-state index < -0.39 is 11.9 Å². The Balaban J connectivity index is 2.21. The predicted octanol–water partition coefficient (Wildman–Crippen LogP) is 2.82. The molecule has 0 atom stereocenters. The van der Waals surface area contributed by atoms with Crippen LogP contribution in [0.15, 0.2) is 0 Å². The number of amides is 1. The van der Waals surface area contributed by atoms with Crippen LogP contribution in [0.25, 0.3) is 0 Å². The Kier molecular flexibility index (Phi) is 8.20. The molecular formula is C22H32N2O6. The van der Waals surface area contributed by atoms with E-state index in [1.54, 1.807) is 37.2 Å². The number of carbonyl (C=O) groups excluding carboxylic acids is 4. The molecule has 0 aliphatic heterocycles. The van der Waals surface area contributed by atoms with Crippen LogP contribution in [0, 0.1) is 13.8 Å². The highest BCUT2D eigenvalue weighted by Crippen LogP contribution is 2.29. The molecular weight excluding hydrogens is 388 g/mol. The first-order valence-electron chi connectivity index (χ1n) is 10.6. The van der Waals surface area contributed by atoms with Crippen LogP contribution in [0.5, 0.6) is 0 Å². The second-order valence-corrected chi connectivity index (χ2v) is 7.38. The molecule has 8 nitrogen and oxygen atoms in total. The van der Waals surface area contributed by atoms with Gasteiger partial charge >= 0.3 is 11.9 Å². The molecule has 0 N–H and O–H groups in total. The average molecular weight is 421 g/mol. The van der Waals surface area contributed by atoms with Gasteiger partial charge in [-0.1, -0.05) is 0 Å². The SMILES string of the molecule is CCOC(=O)CCC(=O)N(CC(=O)c1c(C)c(C(=O)OCC)n(CC)c1C)C1CC1. The molecule has 1 amide bonds. The molecule has 0 bridgehead atoms. The van der Waals surface area contributed by atoms with Gasteiger partial charge in [-0.15, -0.1) is 0 Å². The summed E-state index contributed by atoms with van der Waals surface area (Å²) in [5, 5.41) is 0. The van der Waals surface area contributed by atoms with Crippen LogP contribution < -0.4 is 0 Å². The molecule has 1 heterocycles. The van der Waals surface area contributed by atoms with Gasteiger partial charge in [-0.3, -0.25) is 14.4 Å². The maximum atomic E-state index is 13.2. The number of aromatic nitrogens is 1. The molecule has 0 aromatic carbocycles. The molecule has 1 aromatic rings. The molecule has 0 saturated heterocycles. The molecule has 30 heavy (non-hydrogen) atoms. The highest BCUT2D eigenvalue weighted by Gasteiger charge is 2.35. The average Bonchev–Trinajstić information content (AvgIpc) is 3.49. The lowest BCUT2D eigenvalue weighted by molar-refractivity contribution is -0.145. The highest BCUT2D eigenvalue weighted by atomic mass is 16.5. The standard InChI is InChI=1S/C22H32N2O6/c1-6-23-15(5)20(14(4)21(23)22(28)30-8-3)17(25)13-24(16-9-10-16)18(26)11-12-19(27)29-7-2/h16H,6-13H2,1-5H3. The van der Waals surface area contributed by atoms with Crippen molar-refractivity contribution in [3.8, 4) is 0 Å². The van der Waals surface area contributed by atoms with E-state index >= 15 is 0 Å². The zero-order chi connectivity index (χ0) is 22.4. The van der Waals surface area contributed by atoms with Gasteiger partial charge < -0.3 is 18.9 Å². The zero-order valence-electron chi connectivity index (χ0n) is 18.6. The van der Waals surface area contributed by atoms with Gasteiger partial charge in [0.2, 0.25) is 5.91 Å². The number of carbonyl (C=O) groups is 4. The lowest BCUT2D eigenvalue weighted by atomic mass is 10.0. The number of ether oxygens (including phenoxy) is 2. The molecule has 1 aliphatic rings. The van der Waals surface area contributed by atoms with E-state index in [1.165, 1.54) is 0 Å². The maximum absolute atomic E-state index is 13.2. The normalized spacial score (nSPS) is 13.1. The van der Waals surface area contributed by atoms with Crippen molar-refractivity contribution in [2.75, 3.05) is 19.8 Å². The zero-order valence-corrected chi connectivity index (χ0v) is 18.6.